The third-order valence-corrected chi connectivity index (χ3v) is 6.00. The van der Waals surface area contributed by atoms with Gasteiger partial charge in [-0.2, -0.15) is 13.2 Å². The zero-order chi connectivity index (χ0) is 20.9. The van der Waals surface area contributed by atoms with Crippen molar-refractivity contribution in [3.8, 4) is 0 Å². The maximum atomic E-state index is 13.3. The van der Waals surface area contributed by atoms with E-state index in [2.05, 4.69) is 20.6 Å². The Hall–Kier alpha value is -2.94. The fourth-order valence-electron chi connectivity index (χ4n) is 4.26. The Bertz CT molecular complexity index is 1110. The Labute approximate surface area is 176 Å². The first-order valence-electron chi connectivity index (χ1n) is 9.58. The number of rotatable bonds is 3. The number of alkyl halides is 3. The minimum atomic E-state index is -4.41. The lowest BCUT2D eigenvalue weighted by Gasteiger charge is -2.24. The van der Waals surface area contributed by atoms with Gasteiger partial charge in [-0.25, -0.2) is 4.98 Å². The van der Waals surface area contributed by atoms with Gasteiger partial charge in [-0.15, -0.1) is 0 Å². The smallest absolute Gasteiger partial charge is 0.359 e. The normalized spacial score (nSPS) is 22.6. The van der Waals surface area contributed by atoms with Crippen LogP contribution in [0.15, 0.2) is 55.0 Å². The number of halogens is 3. The molecule has 1 aliphatic carbocycles. The fraction of sp³-hybridized carbons (Fsp3) is 0.286. The van der Waals surface area contributed by atoms with E-state index in [9.17, 15) is 13.2 Å². The molecule has 2 aromatic heterocycles. The highest BCUT2D eigenvalue weighted by Crippen LogP contribution is 2.48. The predicted molar refractivity (Wildman–Crippen MR) is 113 cm³/mol. The highest BCUT2D eigenvalue weighted by molar-refractivity contribution is 7.80. The van der Waals surface area contributed by atoms with Crippen molar-refractivity contribution in [3.63, 3.8) is 0 Å². The molecule has 3 aromatic rings. The molecule has 1 aliphatic heterocycles. The summed E-state index contributed by atoms with van der Waals surface area (Å²) < 4.78 is 39.8. The first kappa shape index (κ1) is 19.0. The number of benzene rings is 1. The van der Waals surface area contributed by atoms with Crippen molar-refractivity contribution in [2.24, 2.45) is 11.8 Å². The largest absolute Gasteiger partial charge is 0.419 e. The van der Waals surface area contributed by atoms with Crippen LogP contribution in [0.1, 0.15) is 5.56 Å². The van der Waals surface area contributed by atoms with Crippen LogP contribution >= 0.6 is 12.2 Å². The van der Waals surface area contributed by atoms with E-state index in [1.54, 1.807) is 17.3 Å². The van der Waals surface area contributed by atoms with Crippen molar-refractivity contribution in [2.45, 2.75) is 12.2 Å². The molecule has 5 rings (SSSR count). The Kier molecular flexibility index (Phi) is 4.50. The fourth-order valence-corrected chi connectivity index (χ4v) is 4.52. The molecule has 1 aromatic carbocycles. The third kappa shape index (κ3) is 3.54. The first-order valence-corrected chi connectivity index (χ1v) is 9.99. The number of nitrogens with zero attached hydrogens (tertiary/aromatic N) is 3. The van der Waals surface area contributed by atoms with Gasteiger partial charge < -0.3 is 15.5 Å². The Balaban J connectivity index is 1.19. The third-order valence-electron chi connectivity index (χ3n) is 5.78. The van der Waals surface area contributed by atoms with Crippen LogP contribution in [-0.2, 0) is 6.18 Å². The summed E-state index contributed by atoms with van der Waals surface area (Å²) in [6, 6.07) is 10.4. The highest BCUT2D eigenvalue weighted by atomic mass is 32.1. The minimum Gasteiger partial charge on any atom is -0.359 e. The number of hydrogen-bond donors (Lipinski definition) is 2. The molecule has 2 N–H and O–H groups in total. The van der Waals surface area contributed by atoms with Gasteiger partial charge in [0, 0.05) is 60.6 Å². The van der Waals surface area contributed by atoms with E-state index in [1.165, 1.54) is 12.3 Å². The standard InChI is InChI=1S/C21H18F3N5S/c22-21(23,24)17-2-1-6-26-19(17)29-10-15-16(11-29)18(15)28-20(30)27-14-4-3-12-5-7-25-9-13(12)8-14/h1-9,15-16,18H,10-11H2,(H2,27,28,30). The summed E-state index contributed by atoms with van der Waals surface area (Å²) in [7, 11) is 0. The lowest BCUT2D eigenvalue weighted by molar-refractivity contribution is -0.137. The van der Waals surface area contributed by atoms with Crippen LogP contribution in [0.5, 0.6) is 0 Å². The van der Waals surface area contributed by atoms with Gasteiger partial charge in [-0.05, 0) is 47.9 Å². The number of hydrogen-bond acceptors (Lipinski definition) is 4. The van der Waals surface area contributed by atoms with E-state index in [-0.39, 0.29) is 23.7 Å². The first-order chi connectivity index (χ1) is 14.4. The van der Waals surface area contributed by atoms with Crippen molar-refractivity contribution in [1.29, 1.82) is 0 Å². The maximum absolute atomic E-state index is 13.3. The molecule has 154 valence electrons. The molecular formula is C21H18F3N5S. The second-order valence-electron chi connectivity index (χ2n) is 7.67. The van der Waals surface area contributed by atoms with Crippen molar-refractivity contribution < 1.29 is 13.2 Å². The molecule has 0 spiro atoms. The lowest BCUT2D eigenvalue weighted by atomic mass is 10.1. The summed E-state index contributed by atoms with van der Waals surface area (Å²) in [5, 5.41) is 9.11. The number of aromatic nitrogens is 2. The van der Waals surface area contributed by atoms with E-state index < -0.39 is 11.7 Å². The molecule has 2 aliphatic rings. The Morgan fingerprint density at radius 2 is 1.87 bits per heavy atom. The molecule has 0 bridgehead atoms. The van der Waals surface area contributed by atoms with Gasteiger partial charge in [0.05, 0.1) is 5.56 Å². The topological polar surface area (TPSA) is 53.1 Å². The zero-order valence-electron chi connectivity index (χ0n) is 15.7. The molecular weight excluding hydrogens is 411 g/mol. The zero-order valence-corrected chi connectivity index (χ0v) is 16.5. The molecule has 30 heavy (non-hydrogen) atoms. The van der Waals surface area contributed by atoms with E-state index in [1.807, 2.05) is 24.3 Å². The molecule has 9 heteroatoms. The SMILES string of the molecule is FC(F)(F)c1cccnc1N1CC2C(C1)C2NC(=S)Nc1ccc2ccncc2c1. The van der Waals surface area contributed by atoms with Crippen LogP contribution in [0.2, 0.25) is 0 Å². The lowest BCUT2D eigenvalue weighted by Crippen LogP contribution is -2.37. The van der Waals surface area contributed by atoms with E-state index in [0.29, 0.717) is 18.2 Å². The molecule has 1 saturated heterocycles. The molecule has 5 nitrogen and oxygen atoms in total. The van der Waals surface area contributed by atoms with Crippen LogP contribution in [0.3, 0.4) is 0 Å². The van der Waals surface area contributed by atoms with Gasteiger partial charge in [0.1, 0.15) is 5.82 Å². The summed E-state index contributed by atoms with van der Waals surface area (Å²) >= 11 is 5.43. The van der Waals surface area contributed by atoms with Gasteiger partial charge in [-0.1, -0.05) is 6.07 Å². The highest BCUT2D eigenvalue weighted by Gasteiger charge is 2.57. The number of pyridine rings is 2. The summed E-state index contributed by atoms with van der Waals surface area (Å²) in [5.41, 5.74) is 0.183. The summed E-state index contributed by atoms with van der Waals surface area (Å²) in [4.78, 5) is 9.84. The molecule has 1 saturated carbocycles. The second kappa shape index (κ2) is 7.09. The van der Waals surface area contributed by atoms with E-state index in [0.717, 1.165) is 22.5 Å². The molecule has 2 unspecified atom stereocenters. The van der Waals surface area contributed by atoms with Crippen molar-refractivity contribution in [3.05, 3.63) is 60.6 Å². The summed E-state index contributed by atoms with van der Waals surface area (Å²) in [5.74, 6) is 0.531. The molecule has 0 amide bonds. The molecule has 2 atom stereocenters. The number of piperidine rings is 1. The summed E-state index contributed by atoms with van der Waals surface area (Å²) in [6.45, 7) is 1.07. The number of fused-ring (bicyclic) bond motifs is 2. The monoisotopic (exact) mass is 429 g/mol. The van der Waals surface area contributed by atoms with Gasteiger partial charge in [0.15, 0.2) is 5.11 Å². The average Bonchev–Trinajstić information content (AvgIpc) is 3.15. The second-order valence-corrected chi connectivity index (χ2v) is 8.08. The maximum Gasteiger partial charge on any atom is 0.419 e. The summed E-state index contributed by atoms with van der Waals surface area (Å²) in [6.07, 6.45) is 0.542. The van der Waals surface area contributed by atoms with Crippen LogP contribution in [0.4, 0.5) is 24.7 Å². The van der Waals surface area contributed by atoms with Crippen LogP contribution in [0.25, 0.3) is 10.8 Å². The predicted octanol–water partition coefficient (Wildman–Crippen LogP) is 4.07. The molecule has 0 radical (unpaired) electrons. The van der Waals surface area contributed by atoms with E-state index >= 15 is 0 Å². The van der Waals surface area contributed by atoms with Crippen LogP contribution in [0, 0.1) is 11.8 Å². The molecule has 2 fully saturated rings. The van der Waals surface area contributed by atoms with Gasteiger partial charge in [0.25, 0.3) is 0 Å². The minimum absolute atomic E-state index is 0.0152. The van der Waals surface area contributed by atoms with Gasteiger partial charge in [-0.3, -0.25) is 4.98 Å². The Morgan fingerprint density at radius 1 is 1.07 bits per heavy atom. The number of nitrogens with one attached hydrogen (secondary N) is 2. The molecule has 3 heterocycles. The quantitative estimate of drug-likeness (QED) is 0.613. The van der Waals surface area contributed by atoms with Crippen molar-refractivity contribution in [2.75, 3.05) is 23.3 Å². The van der Waals surface area contributed by atoms with Crippen molar-refractivity contribution >= 4 is 39.6 Å². The Morgan fingerprint density at radius 3 is 2.63 bits per heavy atom. The van der Waals surface area contributed by atoms with E-state index in [4.69, 9.17) is 12.2 Å². The van der Waals surface area contributed by atoms with Crippen molar-refractivity contribution in [1.82, 2.24) is 15.3 Å². The van der Waals surface area contributed by atoms with Gasteiger partial charge in [0.2, 0.25) is 0 Å². The van der Waals surface area contributed by atoms with Crippen LogP contribution < -0.4 is 15.5 Å². The number of thiocarbonyl (C=S) groups is 1. The number of anilines is 2. The average molecular weight is 429 g/mol. The van der Waals surface area contributed by atoms with Gasteiger partial charge >= 0.3 is 6.18 Å². The van der Waals surface area contributed by atoms with Crippen LogP contribution in [-0.4, -0.2) is 34.2 Å².